The first-order chi connectivity index (χ1) is 16.0. The molecule has 2 unspecified atom stereocenters. The first-order valence-corrected chi connectivity index (χ1v) is 12.8. The van der Waals surface area contributed by atoms with E-state index in [1.165, 1.54) is 12.1 Å². The summed E-state index contributed by atoms with van der Waals surface area (Å²) < 4.78 is 41.5. The second-order valence-electron chi connectivity index (χ2n) is 8.39. The molecule has 0 bridgehead atoms. The fourth-order valence-corrected chi connectivity index (χ4v) is 5.34. The van der Waals surface area contributed by atoms with Gasteiger partial charge in [-0.3, -0.25) is 10.2 Å². The monoisotopic (exact) mass is 514 g/mol. The van der Waals surface area contributed by atoms with E-state index < -0.39 is 27.3 Å². The molecule has 10 nitrogen and oxygen atoms in total. The Morgan fingerprint density at radius 1 is 1.32 bits per heavy atom. The van der Waals surface area contributed by atoms with Crippen LogP contribution in [0.2, 0.25) is 5.02 Å². The van der Waals surface area contributed by atoms with Gasteiger partial charge in [0.25, 0.3) is 5.91 Å². The largest absolute Gasteiger partial charge is 0.340 e. The van der Waals surface area contributed by atoms with Crippen LogP contribution in [0.3, 0.4) is 0 Å². The van der Waals surface area contributed by atoms with Crippen LogP contribution in [0.25, 0.3) is 11.3 Å². The molecule has 0 aliphatic carbocycles. The van der Waals surface area contributed by atoms with Gasteiger partial charge in [0.1, 0.15) is 0 Å². The third-order valence-electron chi connectivity index (χ3n) is 5.76. The van der Waals surface area contributed by atoms with Gasteiger partial charge in [0.05, 0.1) is 28.4 Å². The van der Waals surface area contributed by atoms with Crippen LogP contribution in [-0.4, -0.2) is 60.2 Å². The lowest BCUT2D eigenvalue weighted by Gasteiger charge is -2.36. The normalized spacial score (nSPS) is 18.6. The number of amides is 3. The van der Waals surface area contributed by atoms with E-state index in [2.05, 4.69) is 15.7 Å². The molecule has 1 aliphatic rings. The van der Waals surface area contributed by atoms with Crippen molar-refractivity contribution in [1.29, 1.82) is 0 Å². The minimum atomic E-state index is -3.97. The van der Waals surface area contributed by atoms with Gasteiger partial charge in [-0.1, -0.05) is 18.5 Å². The Morgan fingerprint density at radius 3 is 2.71 bits per heavy atom. The first-order valence-electron chi connectivity index (χ1n) is 10.8. The number of rotatable bonds is 7. The number of carbonyl (C=O) groups excluding carboxylic acids is 2. The topological polar surface area (TPSA) is 125 Å². The standard InChI is InChI=1S/C21H28ClFN6O4S/c1-4-24-21(31)29-6-5-13(2)15(9-29)11-34(32,33)27-26-20(30)16-7-14(8-17(22)19(16)23)18-10-28(3)12-25-18/h7-8,10,12-13,15,27H,4-6,9,11H2,1-3H3,(H,24,31)(H,26,30). The van der Waals surface area contributed by atoms with E-state index in [4.69, 9.17) is 11.6 Å². The number of imidazole rings is 1. The van der Waals surface area contributed by atoms with Crippen LogP contribution in [0.5, 0.6) is 0 Å². The summed E-state index contributed by atoms with van der Waals surface area (Å²) in [4.78, 5) is 32.5. The number of carbonyl (C=O) groups is 2. The van der Waals surface area contributed by atoms with Gasteiger partial charge in [-0.2, -0.15) is 0 Å². The number of halogens is 2. The van der Waals surface area contributed by atoms with E-state index in [-0.39, 0.29) is 35.2 Å². The Hall–Kier alpha value is -2.70. The number of nitrogens with zero attached hydrogens (tertiary/aromatic N) is 3. The number of likely N-dealkylation sites (tertiary alicyclic amines) is 1. The van der Waals surface area contributed by atoms with Crippen LogP contribution >= 0.6 is 11.6 Å². The third-order valence-corrected chi connectivity index (χ3v) is 7.31. The highest BCUT2D eigenvalue weighted by molar-refractivity contribution is 7.89. The molecule has 13 heteroatoms. The second kappa shape index (κ2) is 10.7. The van der Waals surface area contributed by atoms with Gasteiger partial charge in [-0.25, -0.2) is 22.6 Å². The molecule has 1 aromatic carbocycles. The number of sulfonamides is 1. The van der Waals surface area contributed by atoms with Gasteiger partial charge in [0, 0.05) is 38.4 Å². The van der Waals surface area contributed by atoms with Crippen LogP contribution in [0, 0.1) is 17.7 Å². The molecule has 2 aromatic rings. The van der Waals surface area contributed by atoms with Crippen LogP contribution in [-0.2, 0) is 17.1 Å². The number of hydrogen-bond acceptors (Lipinski definition) is 5. The number of aromatic nitrogens is 2. The lowest BCUT2D eigenvalue weighted by molar-refractivity contribution is 0.0941. The Labute approximate surface area is 202 Å². The SMILES string of the molecule is CCNC(=O)N1CCC(C)C(CS(=O)(=O)NNC(=O)c2cc(-c3cn(C)cn3)cc(Cl)c2F)C1. The number of nitrogens with one attached hydrogen (secondary N) is 3. The maximum atomic E-state index is 14.5. The minimum absolute atomic E-state index is 0.0595. The quantitative estimate of drug-likeness (QED) is 0.488. The molecule has 0 spiro atoms. The zero-order valence-electron chi connectivity index (χ0n) is 19.1. The fourth-order valence-electron chi connectivity index (χ4n) is 3.79. The molecule has 1 saturated heterocycles. The van der Waals surface area contributed by atoms with Crippen molar-refractivity contribution in [2.75, 3.05) is 25.4 Å². The molecule has 0 radical (unpaired) electrons. The van der Waals surface area contributed by atoms with E-state index in [1.807, 2.05) is 11.8 Å². The highest BCUT2D eigenvalue weighted by atomic mass is 35.5. The number of benzene rings is 1. The van der Waals surface area contributed by atoms with Crippen molar-refractivity contribution in [3.05, 3.63) is 41.1 Å². The highest BCUT2D eigenvalue weighted by Crippen LogP contribution is 2.27. The zero-order chi connectivity index (χ0) is 25.0. The summed E-state index contributed by atoms with van der Waals surface area (Å²) in [6, 6.07) is 2.35. The van der Waals surface area contributed by atoms with E-state index >= 15 is 0 Å². The average Bonchev–Trinajstić information content (AvgIpc) is 3.21. The Morgan fingerprint density at radius 2 is 2.06 bits per heavy atom. The molecular formula is C21H28ClFN6O4S. The Balaban J connectivity index is 1.68. The average molecular weight is 515 g/mol. The summed E-state index contributed by atoms with van der Waals surface area (Å²) in [6.45, 7) is 5.03. The van der Waals surface area contributed by atoms with Gasteiger partial charge in [-0.15, -0.1) is 4.83 Å². The van der Waals surface area contributed by atoms with Crippen LogP contribution in [0.1, 0.15) is 30.6 Å². The first kappa shape index (κ1) is 25.9. The Kier molecular flexibility index (Phi) is 8.16. The van der Waals surface area contributed by atoms with E-state index in [0.29, 0.717) is 30.8 Å². The maximum absolute atomic E-state index is 14.5. The predicted molar refractivity (Wildman–Crippen MR) is 126 cm³/mol. The zero-order valence-corrected chi connectivity index (χ0v) is 20.7. The molecule has 1 aliphatic heterocycles. The number of urea groups is 1. The summed E-state index contributed by atoms with van der Waals surface area (Å²) in [5.41, 5.74) is 2.51. The van der Waals surface area contributed by atoms with E-state index in [1.54, 1.807) is 36.0 Å². The Bertz CT molecular complexity index is 1170. The van der Waals surface area contributed by atoms with Crippen LogP contribution < -0.4 is 15.6 Å². The van der Waals surface area contributed by atoms with Crippen molar-refractivity contribution < 1.29 is 22.4 Å². The molecule has 186 valence electrons. The number of hydrazine groups is 1. The van der Waals surface area contributed by atoms with Crippen LogP contribution in [0.4, 0.5) is 9.18 Å². The molecule has 3 rings (SSSR count). The lowest BCUT2D eigenvalue weighted by Crippen LogP contribution is -2.51. The van der Waals surface area contributed by atoms with Crippen molar-refractivity contribution in [1.82, 2.24) is 30.0 Å². The van der Waals surface area contributed by atoms with Crippen molar-refractivity contribution in [2.24, 2.45) is 18.9 Å². The summed E-state index contributed by atoms with van der Waals surface area (Å²) >= 11 is 5.95. The molecule has 3 N–H and O–H groups in total. The fraction of sp³-hybridized carbons (Fsp3) is 0.476. The maximum Gasteiger partial charge on any atom is 0.317 e. The third kappa shape index (κ3) is 6.24. The summed E-state index contributed by atoms with van der Waals surface area (Å²) in [6.07, 6.45) is 3.87. The van der Waals surface area contributed by atoms with E-state index in [0.717, 1.165) is 0 Å². The number of hydrogen-bond donors (Lipinski definition) is 3. The molecule has 0 saturated carbocycles. The van der Waals surface area contributed by atoms with Gasteiger partial charge < -0.3 is 14.8 Å². The highest BCUT2D eigenvalue weighted by Gasteiger charge is 2.32. The van der Waals surface area contributed by atoms with Gasteiger partial charge >= 0.3 is 6.03 Å². The van der Waals surface area contributed by atoms with Gasteiger partial charge in [0.2, 0.25) is 10.0 Å². The smallest absolute Gasteiger partial charge is 0.317 e. The summed E-state index contributed by atoms with van der Waals surface area (Å²) in [5.74, 6) is -2.55. The van der Waals surface area contributed by atoms with Crippen molar-refractivity contribution in [3.63, 3.8) is 0 Å². The number of piperidine rings is 1. The van der Waals surface area contributed by atoms with Crippen molar-refractivity contribution >= 4 is 33.6 Å². The molecule has 3 amide bonds. The van der Waals surface area contributed by atoms with Crippen molar-refractivity contribution in [3.8, 4) is 11.3 Å². The molecule has 34 heavy (non-hydrogen) atoms. The van der Waals surface area contributed by atoms with Crippen LogP contribution in [0.15, 0.2) is 24.7 Å². The summed E-state index contributed by atoms with van der Waals surface area (Å²) in [5, 5.41) is 2.42. The molecule has 1 fully saturated rings. The second-order valence-corrected chi connectivity index (χ2v) is 10.6. The molecule has 1 aromatic heterocycles. The van der Waals surface area contributed by atoms with Gasteiger partial charge in [0.15, 0.2) is 5.82 Å². The molecule has 2 atom stereocenters. The predicted octanol–water partition coefficient (Wildman–Crippen LogP) is 2.13. The number of aryl methyl sites for hydroxylation is 1. The minimum Gasteiger partial charge on any atom is -0.340 e. The van der Waals surface area contributed by atoms with Crippen molar-refractivity contribution in [2.45, 2.75) is 20.3 Å². The van der Waals surface area contributed by atoms with E-state index in [9.17, 15) is 22.4 Å². The molecule has 2 heterocycles. The summed E-state index contributed by atoms with van der Waals surface area (Å²) in [7, 11) is -2.22. The lowest BCUT2D eigenvalue weighted by atomic mass is 9.89. The molecular weight excluding hydrogens is 487 g/mol. The van der Waals surface area contributed by atoms with Gasteiger partial charge in [-0.05, 0) is 37.3 Å².